The molecule has 1 heterocycles. The van der Waals surface area contributed by atoms with Crippen molar-refractivity contribution in [2.75, 3.05) is 12.8 Å². The van der Waals surface area contributed by atoms with Crippen LogP contribution in [0.3, 0.4) is 0 Å². The fourth-order valence-electron chi connectivity index (χ4n) is 2.30. The predicted molar refractivity (Wildman–Crippen MR) is 62.0 cm³/mol. The van der Waals surface area contributed by atoms with E-state index in [2.05, 4.69) is 5.10 Å². The summed E-state index contributed by atoms with van der Waals surface area (Å²) in [7, 11) is 3.61. The van der Waals surface area contributed by atoms with Crippen LogP contribution < -0.4 is 5.73 Å². The first-order valence-corrected chi connectivity index (χ1v) is 5.66. The molecule has 2 N–H and O–H groups in total. The number of rotatable bonds is 2. The van der Waals surface area contributed by atoms with E-state index in [0.717, 1.165) is 12.8 Å². The third kappa shape index (κ3) is 1.89. The smallest absolute Gasteiger partial charge is 0.276 e. The van der Waals surface area contributed by atoms with Crippen LogP contribution in [0.5, 0.6) is 0 Å². The fraction of sp³-hybridized carbons (Fsp3) is 0.636. The van der Waals surface area contributed by atoms with Gasteiger partial charge in [-0.3, -0.25) is 9.48 Å². The van der Waals surface area contributed by atoms with Gasteiger partial charge in [-0.05, 0) is 12.8 Å². The minimum absolute atomic E-state index is 0.0648. The second-order valence-corrected chi connectivity index (χ2v) is 4.46. The molecule has 1 amide bonds. The number of carbonyl (C=O) groups excluding carboxylic acids is 1. The van der Waals surface area contributed by atoms with Gasteiger partial charge in [0.05, 0.1) is 5.69 Å². The summed E-state index contributed by atoms with van der Waals surface area (Å²) in [5, 5.41) is 4.10. The SMILES string of the molecule is CN(C(=O)c1nn(C)cc1N)C1CCCC1. The third-order valence-electron chi connectivity index (χ3n) is 3.25. The molecule has 1 aromatic heterocycles. The van der Waals surface area contributed by atoms with E-state index >= 15 is 0 Å². The highest BCUT2D eigenvalue weighted by molar-refractivity contribution is 5.97. The van der Waals surface area contributed by atoms with E-state index in [4.69, 9.17) is 5.73 Å². The van der Waals surface area contributed by atoms with Gasteiger partial charge in [-0.1, -0.05) is 12.8 Å². The molecule has 5 heteroatoms. The Kier molecular flexibility index (Phi) is 2.85. The number of nitrogen functional groups attached to an aromatic ring is 1. The molecule has 1 fully saturated rings. The Morgan fingerprint density at radius 2 is 2.19 bits per heavy atom. The molecule has 0 spiro atoms. The van der Waals surface area contributed by atoms with E-state index in [1.807, 2.05) is 7.05 Å². The Labute approximate surface area is 95.2 Å². The molecule has 0 atom stereocenters. The number of nitrogens with zero attached hydrogens (tertiary/aromatic N) is 3. The highest BCUT2D eigenvalue weighted by Crippen LogP contribution is 2.24. The highest BCUT2D eigenvalue weighted by Gasteiger charge is 2.26. The zero-order valence-electron chi connectivity index (χ0n) is 9.81. The van der Waals surface area contributed by atoms with Crippen LogP contribution in [0.4, 0.5) is 5.69 Å². The van der Waals surface area contributed by atoms with Crippen molar-refractivity contribution in [2.45, 2.75) is 31.7 Å². The summed E-state index contributed by atoms with van der Waals surface area (Å²) in [6, 6.07) is 0.355. The van der Waals surface area contributed by atoms with E-state index in [9.17, 15) is 4.79 Å². The Morgan fingerprint density at radius 1 is 1.56 bits per heavy atom. The molecular formula is C11H18N4O. The quantitative estimate of drug-likeness (QED) is 0.812. The van der Waals surface area contributed by atoms with Crippen molar-refractivity contribution in [3.8, 4) is 0 Å². The Morgan fingerprint density at radius 3 is 2.69 bits per heavy atom. The number of hydrogen-bond acceptors (Lipinski definition) is 3. The van der Waals surface area contributed by atoms with E-state index in [1.54, 1.807) is 22.8 Å². The number of anilines is 1. The molecule has 88 valence electrons. The summed E-state index contributed by atoms with van der Waals surface area (Å²) in [4.78, 5) is 13.9. The first-order chi connectivity index (χ1) is 7.59. The van der Waals surface area contributed by atoms with Gasteiger partial charge in [0.15, 0.2) is 5.69 Å². The molecule has 0 aromatic carbocycles. The van der Waals surface area contributed by atoms with Crippen LogP contribution in [0.25, 0.3) is 0 Å². The van der Waals surface area contributed by atoms with Crippen molar-refractivity contribution in [1.29, 1.82) is 0 Å². The molecule has 0 aliphatic heterocycles. The van der Waals surface area contributed by atoms with Crippen molar-refractivity contribution in [1.82, 2.24) is 14.7 Å². The van der Waals surface area contributed by atoms with Gasteiger partial charge in [-0.2, -0.15) is 5.10 Å². The standard InChI is InChI=1S/C11H18N4O/c1-14-7-9(12)10(13-14)11(16)15(2)8-5-3-4-6-8/h7-8H,3-6,12H2,1-2H3. The minimum atomic E-state index is -0.0648. The summed E-state index contributed by atoms with van der Waals surface area (Å²) in [6.07, 6.45) is 6.26. The van der Waals surface area contributed by atoms with Crippen LogP contribution >= 0.6 is 0 Å². The van der Waals surface area contributed by atoms with Gasteiger partial charge in [-0.25, -0.2) is 0 Å². The van der Waals surface area contributed by atoms with Crippen LogP contribution in [-0.4, -0.2) is 33.7 Å². The molecule has 1 aliphatic carbocycles. The molecule has 5 nitrogen and oxygen atoms in total. The lowest BCUT2D eigenvalue weighted by molar-refractivity contribution is 0.0729. The molecule has 0 saturated heterocycles. The second kappa shape index (κ2) is 4.15. The van der Waals surface area contributed by atoms with Crippen LogP contribution in [0.2, 0.25) is 0 Å². The summed E-state index contributed by atoms with van der Waals surface area (Å²) >= 11 is 0. The largest absolute Gasteiger partial charge is 0.396 e. The van der Waals surface area contributed by atoms with Crippen LogP contribution in [0, 0.1) is 0 Å². The normalized spacial score (nSPS) is 16.6. The maximum Gasteiger partial charge on any atom is 0.276 e. The topological polar surface area (TPSA) is 64.2 Å². The molecule has 0 bridgehead atoms. The molecule has 1 aliphatic rings. The molecular weight excluding hydrogens is 204 g/mol. The zero-order valence-corrected chi connectivity index (χ0v) is 9.81. The lowest BCUT2D eigenvalue weighted by Crippen LogP contribution is -2.35. The van der Waals surface area contributed by atoms with Gasteiger partial charge in [0.25, 0.3) is 5.91 Å². The number of amides is 1. The van der Waals surface area contributed by atoms with Crippen molar-refractivity contribution in [3.63, 3.8) is 0 Å². The number of hydrogen-bond donors (Lipinski definition) is 1. The molecule has 2 rings (SSSR count). The Balaban J connectivity index is 2.14. The average molecular weight is 222 g/mol. The average Bonchev–Trinajstić information content (AvgIpc) is 2.85. The molecule has 0 radical (unpaired) electrons. The van der Waals surface area contributed by atoms with Gasteiger partial charge in [-0.15, -0.1) is 0 Å². The maximum absolute atomic E-state index is 12.1. The van der Waals surface area contributed by atoms with Gasteiger partial charge in [0.2, 0.25) is 0 Å². The number of carbonyl (C=O) groups is 1. The Bertz CT molecular complexity index is 393. The van der Waals surface area contributed by atoms with Gasteiger partial charge >= 0.3 is 0 Å². The monoisotopic (exact) mass is 222 g/mol. The molecule has 1 saturated carbocycles. The maximum atomic E-state index is 12.1. The summed E-state index contributed by atoms with van der Waals surface area (Å²) in [6.45, 7) is 0. The van der Waals surface area contributed by atoms with Gasteiger partial charge in [0, 0.05) is 26.3 Å². The van der Waals surface area contributed by atoms with Crippen molar-refractivity contribution < 1.29 is 4.79 Å². The zero-order chi connectivity index (χ0) is 11.7. The van der Waals surface area contributed by atoms with Gasteiger partial charge < -0.3 is 10.6 Å². The first-order valence-electron chi connectivity index (χ1n) is 5.66. The van der Waals surface area contributed by atoms with Crippen LogP contribution in [0.15, 0.2) is 6.20 Å². The lowest BCUT2D eigenvalue weighted by Gasteiger charge is -2.23. The predicted octanol–water partition coefficient (Wildman–Crippen LogP) is 1.02. The number of aromatic nitrogens is 2. The summed E-state index contributed by atoms with van der Waals surface area (Å²) in [5.74, 6) is -0.0648. The van der Waals surface area contributed by atoms with Crippen LogP contribution in [0.1, 0.15) is 36.2 Å². The first kappa shape index (κ1) is 11.0. The van der Waals surface area contributed by atoms with E-state index < -0.39 is 0 Å². The Hall–Kier alpha value is -1.52. The second-order valence-electron chi connectivity index (χ2n) is 4.46. The minimum Gasteiger partial charge on any atom is -0.396 e. The lowest BCUT2D eigenvalue weighted by atomic mass is 10.2. The van der Waals surface area contributed by atoms with Crippen molar-refractivity contribution >= 4 is 11.6 Å². The van der Waals surface area contributed by atoms with E-state index in [-0.39, 0.29) is 5.91 Å². The van der Waals surface area contributed by atoms with E-state index in [0.29, 0.717) is 17.4 Å². The summed E-state index contributed by atoms with van der Waals surface area (Å²) in [5.41, 5.74) is 6.58. The third-order valence-corrected chi connectivity index (χ3v) is 3.25. The molecule has 1 aromatic rings. The number of aryl methyl sites for hydroxylation is 1. The van der Waals surface area contributed by atoms with Crippen molar-refractivity contribution in [3.05, 3.63) is 11.9 Å². The summed E-state index contributed by atoms with van der Waals surface area (Å²) < 4.78 is 1.57. The van der Waals surface area contributed by atoms with Gasteiger partial charge in [0.1, 0.15) is 0 Å². The number of nitrogens with two attached hydrogens (primary N) is 1. The fourth-order valence-corrected chi connectivity index (χ4v) is 2.30. The highest BCUT2D eigenvalue weighted by atomic mass is 16.2. The molecule has 16 heavy (non-hydrogen) atoms. The molecule has 0 unspecified atom stereocenters. The van der Waals surface area contributed by atoms with Crippen LogP contribution in [-0.2, 0) is 7.05 Å². The van der Waals surface area contributed by atoms with Crippen molar-refractivity contribution in [2.24, 2.45) is 7.05 Å². The van der Waals surface area contributed by atoms with E-state index in [1.165, 1.54) is 12.8 Å².